The van der Waals surface area contributed by atoms with Crippen molar-refractivity contribution in [2.24, 2.45) is 0 Å². The summed E-state index contributed by atoms with van der Waals surface area (Å²) in [6.45, 7) is 9.75. The van der Waals surface area contributed by atoms with Gasteiger partial charge in [-0.2, -0.15) is 0 Å². The topological polar surface area (TPSA) is 78.8 Å². The number of phenols is 1. The molecule has 0 saturated carbocycles. The van der Waals surface area contributed by atoms with Gasteiger partial charge in [0.05, 0.1) is 6.61 Å². The Kier molecular flexibility index (Phi) is 7.46. The van der Waals surface area contributed by atoms with Crippen LogP contribution in [0.2, 0.25) is 0 Å². The molecule has 28 heavy (non-hydrogen) atoms. The number of aryl methyl sites for hydroxylation is 2. The van der Waals surface area contributed by atoms with Crippen LogP contribution in [0.3, 0.4) is 0 Å². The maximum Gasteiger partial charge on any atom is 0.258 e. The minimum Gasteiger partial charge on any atom is -0.508 e. The third-order valence-corrected chi connectivity index (χ3v) is 4.82. The SMILES string of the molecule is Cc1cc(OCC(=O)N[C@@H](C)CO)cc(C)c1Cc1ccc(O)c(C(C)C)c1. The fourth-order valence-corrected chi connectivity index (χ4v) is 3.21. The average molecular weight is 386 g/mol. The first-order valence-corrected chi connectivity index (χ1v) is 9.66. The van der Waals surface area contributed by atoms with Crippen LogP contribution in [0.15, 0.2) is 30.3 Å². The minimum atomic E-state index is -0.289. The van der Waals surface area contributed by atoms with Gasteiger partial charge in [-0.25, -0.2) is 0 Å². The van der Waals surface area contributed by atoms with Crippen molar-refractivity contribution in [2.45, 2.75) is 53.0 Å². The van der Waals surface area contributed by atoms with Gasteiger partial charge in [0.25, 0.3) is 5.91 Å². The summed E-state index contributed by atoms with van der Waals surface area (Å²) in [6.07, 6.45) is 0.770. The van der Waals surface area contributed by atoms with Crippen LogP contribution >= 0.6 is 0 Å². The number of carbonyl (C=O) groups excluding carboxylic acids is 1. The molecule has 0 saturated heterocycles. The summed E-state index contributed by atoms with van der Waals surface area (Å²) in [5.41, 5.74) is 5.51. The lowest BCUT2D eigenvalue weighted by atomic mass is 9.93. The van der Waals surface area contributed by atoms with Gasteiger partial charge in [-0.3, -0.25) is 4.79 Å². The Bertz CT molecular complexity index is 806. The van der Waals surface area contributed by atoms with Crippen molar-refractivity contribution in [2.75, 3.05) is 13.2 Å². The average Bonchev–Trinajstić information content (AvgIpc) is 2.63. The minimum absolute atomic E-state index is 0.0850. The first kappa shape index (κ1) is 21.8. The van der Waals surface area contributed by atoms with Gasteiger partial charge in [0.1, 0.15) is 11.5 Å². The van der Waals surface area contributed by atoms with Gasteiger partial charge in [-0.05, 0) is 79.1 Å². The summed E-state index contributed by atoms with van der Waals surface area (Å²) in [4.78, 5) is 11.8. The second-order valence-corrected chi connectivity index (χ2v) is 7.70. The number of aliphatic hydroxyl groups is 1. The standard InChI is InChI=1S/C23H31NO4/c1-14(2)20-10-18(6-7-22(20)26)11-21-15(3)8-19(9-16(21)4)28-13-23(27)24-17(5)12-25/h6-10,14,17,25-26H,11-13H2,1-5H3,(H,24,27)/t17-/m0/s1. The van der Waals surface area contributed by atoms with E-state index in [1.165, 1.54) is 5.56 Å². The molecule has 0 fully saturated rings. The summed E-state index contributed by atoms with van der Waals surface area (Å²) >= 11 is 0. The van der Waals surface area contributed by atoms with Crippen molar-refractivity contribution < 1.29 is 19.7 Å². The highest BCUT2D eigenvalue weighted by atomic mass is 16.5. The molecule has 0 aliphatic heterocycles. The molecule has 0 unspecified atom stereocenters. The molecule has 2 rings (SSSR count). The molecule has 0 aliphatic rings. The predicted octanol–water partition coefficient (Wildman–Crippen LogP) is 3.60. The molecule has 0 aromatic heterocycles. The first-order chi connectivity index (χ1) is 13.2. The van der Waals surface area contributed by atoms with Gasteiger partial charge >= 0.3 is 0 Å². The van der Waals surface area contributed by atoms with Crippen LogP contribution in [0.1, 0.15) is 54.5 Å². The quantitative estimate of drug-likeness (QED) is 0.649. The molecule has 2 aromatic rings. The third kappa shape index (κ3) is 5.73. The van der Waals surface area contributed by atoms with Gasteiger partial charge in [0.2, 0.25) is 0 Å². The normalized spacial score (nSPS) is 12.1. The zero-order valence-corrected chi connectivity index (χ0v) is 17.4. The van der Waals surface area contributed by atoms with Gasteiger partial charge in [-0.1, -0.05) is 26.0 Å². The highest BCUT2D eigenvalue weighted by Gasteiger charge is 2.12. The summed E-state index contributed by atoms with van der Waals surface area (Å²) in [6, 6.07) is 9.37. The van der Waals surface area contributed by atoms with Crippen molar-refractivity contribution in [3.8, 4) is 11.5 Å². The number of nitrogens with one attached hydrogen (secondary N) is 1. The smallest absolute Gasteiger partial charge is 0.258 e. The molecule has 0 aliphatic carbocycles. The molecule has 1 atom stereocenters. The van der Waals surface area contributed by atoms with Crippen LogP contribution in [0, 0.1) is 13.8 Å². The lowest BCUT2D eigenvalue weighted by Gasteiger charge is -2.16. The number of rotatable bonds is 8. The van der Waals surface area contributed by atoms with E-state index in [2.05, 4.69) is 25.2 Å². The summed E-state index contributed by atoms with van der Waals surface area (Å²) in [5.74, 6) is 0.993. The number of amides is 1. The van der Waals surface area contributed by atoms with E-state index in [1.54, 1.807) is 13.0 Å². The first-order valence-electron chi connectivity index (χ1n) is 9.66. The van der Waals surface area contributed by atoms with Gasteiger partial charge < -0.3 is 20.3 Å². The zero-order valence-electron chi connectivity index (χ0n) is 17.4. The van der Waals surface area contributed by atoms with Crippen LogP contribution in [0.5, 0.6) is 11.5 Å². The molecule has 0 heterocycles. The molecule has 0 bridgehead atoms. The van der Waals surface area contributed by atoms with Crippen molar-refractivity contribution in [1.29, 1.82) is 0 Å². The lowest BCUT2D eigenvalue weighted by molar-refractivity contribution is -0.124. The van der Waals surface area contributed by atoms with E-state index < -0.39 is 0 Å². The lowest BCUT2D eigenvalue weighted by Crippen LogP contribution is -2.38. The maximum absolute atomic E-state index is 11.8. The monoisotopic (exact) mass is 385 g/mol. The Morgan fingerprint density at radius 1 is 1.11 bits per heavy atom. The van der Waals surface area contributed by atoms with E-state index >= 15 is 0 Å². The van der Waals surface area contributed by atoms with Crippen molar-refractivity contribution in [3.05, 3.63) is 58.1 Å². The zero-order chi connectivity index (χ0) is 20.8. The van der Waals surface area contributed by atoms with Gasteiger partial charge in [0, 0.05) is 6.04 Å². The highest BCUT2D eigenvalue weighted by Crippen LogP contribution is 2.29. The number of aromatic hydroxyl groups is 1. The molecule has 3 N–H and O–H groups in total. The Morgan fingerprint density at radius 2 is 1.75 bits per heavy atom. The largest absolute Gasteiger partial charge is 0.508 e. The van der Waals surface area contributed by atoms with E-state index in [1.807, 2.05) is 32.0 Å². The molecular weight excluding hydrogens is 354 g/mol. The van der Waals surface area contributed by atoms with Crippen LogP contribution in [0.25, 0.3) is 0 Å². The van der Waals surface area contributed by atoms with Gasteiger partial charge in [0.15, 0.2) is 6.61 Å². The van der Waals surface area contributed by atoms with Crippen LogP contribution in [-0.2, 0) is 11.2 Å². The number of benzene rings is 2. The number of hydrogen-bond donors (Lipinski definition) is 3. The van der Waals surface area contributed by atoms with E-state index in [4.69, 9.17) is 9.84 Å². The van der Waals surface area contributed by atoms with Crippen molar-refractivity contribution in [1.82, 2.24) is 5.32 Å². The Balaban J connectivity index is 2.12. The molecule has 2 aromatic carbocycles. The van der Waals surface area contributed by atoms with Crippen LogP contribution in [-0.4, -0.2) is 35.4 Å². The molecule has 5 heteroatoms. The number of phenolic OH excluding ortho intramolecular Hbond substituents is 1. The highest BCUT2D eigenvalue weighted by molar-refractivity contribution is 5.77. The second-order valence-electron chi connectivity index (χ2n) is 7.70. The maximum atomic E-state index is 11.8. The van der Waals surface area contributed by atoms with Crippen molar-refractivity contribution >= 4 is 5.91 Å². The molecule has 0 spiro atoms. The predicted molar refractivity (Wildman–Crippen MR) is 111 cm³/mol. The third-order valence-electron chi connectivity index (χ3n) is 4.82. The van der Waals surface area contributed by atoms with E-state index in [9.17, 15) is 9.90 Å². The molecule has 1 amide bonds. The van der Waals surface area contributed by atoms with Gasteiger partial charge in [-0.15, -0.1) is 0 Å². The van der Waals surface area contributed by atoms with E-state index in [0.29, 0.717) is 11.5 Å². The Labute approximate surface area is 167 Å². The molecule has 152 valence electrons. The Morgan fingerprint density at radius 3 is 2.32 bits per heavy atom. The number of aliphatic hydroxyl groups excluding tert-OH is 1. The second kappa shape index (κ2) is 9.60. The summed E-state index contributed by atoms with van der Waals surface area (Å²) in [7, 11) is 0. The van der Waals surface area contributed by atoms with Crippen LogP contribution < -0.4 is 10.1 Å². The molecule has 5 nitrogen and oxygen atoms in total. The van der Waals surface area contributed by atoms with E-state index in [-0.39, 0.29) is 31.1 Å². The summed E-state index contributed by atoms with van der Waals surface area (Å²) < 4.78 is 5.62. The van der Waals surface area contributed by atoms with E-state index in [0.717, 1.165) is 28.7 Å². The molecular formula is C23H31NO4. The summed E-state index contributed by atoms with van der Waals surface area (Å²) in [5, 5.41) is 21.7. The molecule has 0 radical (unpaired) electrons. The fraction of sp³-hybridized carbons (Fsp3) is 0.435. The number of ether oxygens (including phenoxy) is 1. The van der Waals surface area contributed by atoms with Crippen molar-refractivity contribution in [3.63, 3.8) is 0 Å². The fourth-order valence-electron chi connectivity index (χ4n) is 3.21. The number of carbonyl (C=O) groups is 1. The number of hydrogen-bond acceptors (Lipinski definition) is 4. The van der Waals surface area contributed by atoms with Crippen LogP contribution in [0.4, 0.5) is 0 Å². The Hall–Kier alpha value is -2.53.